The first-order valence-electron chi connectivity index (χ1n) is 7.56. The van der Waals surface area contributed by atoms with Crippen LogP contribution in [0.3, 0.4) is 0 Å². The summed E-state index contributed by atoms with van der Waals surface area (Å²) in [6.07, 6.45) is 5.09. The summed E-state index contributed by atoms with van der Waals surface area (Å²) < 4.78 is 5.57. The Morgan fingerprint density at radius 1 is 1.38 bits per heavy atom. The molecule has 2 fully saturated rings. The molecule has 21 heavy (non-hydrogen) atoms. The molecule has 2 aliphatic rings. The Hall–Kier alpha value is -1.88. The number of benzene rings is 1. The van der Waals surface area contributed by atoms with Gasteiger partial charge in [0.25, 0.3) is 5.91 Å². The van der Waals surface area contributed by atoms with Gasteiger partial charge in [0.05, 0.1) is 18.3 Å². The van der Waals surface area contributed by atoms with E-state index in [1.165, 1.54) is 6.42 Å². The normalized spacial score (nSPS) is 25.8. The molecule has 1 aromatic heterocycles. The molecule has 4 rings (SSSR count). The van der Waals surface area contributed by atoms with E-state index >= 15 is 0 Å². The Labute approximate surface area is 123 Å². The SMILES string of the molecule is O=C(c1ccc2[nH]ncc2c1)N1CCCC2(CCOC2)C1. The summed E-state index contributed by atoms with van der Waals surface area (Å²) in [5.41, 5.74) is 1.92. The van der Waals surface area contributed by atoms with Crippen molar-refractivity contribution in [1.29, 1.82) is 0 Å². The molecule has 1 aromatic carbocycles. The van der Waals surface area contributed by atoms with Gasteiger partial charge in [-0.05, 0) is 37.5 Å². The second-order valence-electron chi connectivity index (χ2n) is 6.30. The number of piperidine rings is 1. The first-order valence-corrected chi connectivity index (χ1v) is 7.56. The van der Waals surface area contributed by atoms with E-state index < -0.39 is 0 Å². The summed E-state index contributed by atoms with van der Waals surface area (Å²) in [7, 11) is 0. The van der Waals surface area contributed by atoms with Gasteiger partial charge in [-0.3, -0.25) is 9.89 Å². The Morgan fingerprint density at radius 2 is 2.33 bits per heavy atom. The summed E-state index contributed by atoms with van der Waals surface area (Å²) in [5.74, 6) is 0.129. The van der Waals surface area contributed by atoms with Gasteiger partial charge >= 0.3 is 0 Å². The zero-order valence-corrected chi connectivity index (χ0v) is 12.0. The van der Waals surface area contributed by atoms with Gasteiger partial charge < -0.3 is 9.64 Å². The van der Waals surface area contributed by atoms with Crippen LogP contribution in [0.1, 0.15) is 29.6 Å². The predicted octanol–water partition coefficient (Wildman–Crippen LogP) is 2.21. The average molecular weight is 285 g/mol. The van der Waals surface area contributed by atoms with Crippen molar-refractivity contribution >= 4 is 16.8 Å². The Morgan fingerprint density at radius 3 is 3.19 bits per heavy atom. The number of aromatic amines is 1. The number of aromatic nitrogens is 2. The van der Waals surface area contributed by atoms with Crippen molar-refractivity contribution in [2.45, 2.75) is 19.3 Å². The smallest absolute Gasteiger partial charge is 0.253 e. The molecular formula is C16H19N3O2. The number of amides is 1. The zero-order valence-electron chi connectivity index (χ0n) is 12.0. The average Bonchev–Trinajstić information content (AvgIpc) is 3.15. The van der Waals surface area contributed by atoms with E-state index in [2.05, 4.69) is 10.2 Å². The predicted molar refractivity (Wildman–Crippen MR) is 79.1 cm³/mol. The molecular weight excluding hydrogens is 266 g/mol. The van der Waals surface area contributed by atoms with Gasteiger partial charge in [0, 0.05) is 36.1 Å². The minimum atomic E-state index is 0.129. The molecule has 1 atom stereocenters. The summed E-state index contributed by atoms with van der Waals surface area (Å²) in [4.78, 5) is 14.8. The maximum Gasteiger partial charge on any atom is 0.253 e. The molecule has 0 aliphatic carbocycles. The van der Waals surface area contributed by atoms with Crippen LogP contribution in [0.2, 0.25) is 0 Å². The van der Waals surface area contributed by atoms with Crippen molar-refractivity contribution in [2.24, 2.45) is 5.41 Å². The van der Waals surface area contributed by atoms with Gasteiger partial charge in [-0.25, -0.2) is 0 Å². The summed E-state index contributed by atoms with van der Waals surface area (Å²) >= 11 is 0. The Kier molecular flexibility index (Phi) is 2.96. The molecule has 1 unspecified atom stereocenters. The number of H-pyrrole nitrogens is 1. The monoisotopic (exact) mass is 285 g/mol. The maximum atomic E-state index is 12.8. The molecule has 1 spiro atoms. The number of rotatable bonds is 1. The van der Waals surface area contributed by atoms with E-state index in [1.807, 2.05) is 23.1 Å². The largest absolute Gasteiger partial charge is 0.381 e. The van der Waals surface area contributed by atoms with Crippen LogP contribution >= 0.6 is 0 Å². The van der Waals surface area contributed by atoms with Gasteiger partial charge in [0.2, 0.25) is 0 Å². The van der Waals surface area contributed by atoms with E-state index in [9.17, 15) is 4.79 Å². The lowest BCUT2D eigenvalue weighted by atomic mass is 9.79. The van der Waals surface area contributed by atoms with E-state index in [0.29, 0.717) is 0 Å². The van der Waals surface area contributed by atoms with E-state index in [0.717, 1.165) is 55.6 Å². The number of likely N-dealkylation sites (tertiary alicyclic amines) is 1. The Balaban J connectivity index is 1.58. The molecule has 0 saturated carbocycles. The highest BCUT2D eigenvalue weighted by molar-refractivity contribution is 5.97. The van der Waals surface area contributed by atoms with Gasteiger partial charge in [-0.15, -0.1) is 0 Å². The van der Waals surface area contributed by atoms with Crippen LogP contribution in [-0.4, -0.2) is 47.3 Å². The lowest BCUT2D eigenvalue weighted by Crippen LogP contribution is -2.46. The summed E-state index contributed by atoms with van der Waals surface area (Å²) in [5, 5.41) is 7.90. The van der Waals surface area contributed by atoms with Gasteiger partial charge in [-0.2, -0.15) is 5.10 Å². The van der Waals surface area contributed by atoms with E-state index in [-0.39, 0.29) is 11.3 Å². The number of hydrogen-bond donors (Lipinski definition) is 1. The molecule has 3 heterocycles. The van der Waals surface area contributed by atoms with Crippen LogP contribution in [0, 0.1) is 5.41 Å². The van der Waals surface area contributed by atoms with Crippen molar-refractivity contribution in [3.63, 3.8) is 0 Å². The van der Waals surface area contributed by atoms with Crippen LogP contribution in [0.4, 0.5) is 0 Å². The van der Waals surface area contributed by atoms with Crippen LogP contribution in [0.15, 0.2) is 24.4 Å². The lowest BCUT2D eigenvalue weighted by molar-refractivity contribution is 0.0463. The van der Waals surface area contributed by atoms with Gasteiger partial charge in [0.15, 0.2) is 0 Å². The van der Waals surface area contributed by atoms with Crippen molar-refractivity contribution in [3.8, 4) is 0 Å². The third-order valence-electron chi connectivity index (χ3n) is 4.82. The molecule has 2 aliphatic heterocycles. The fourth-order valence-corrected chi connectivity index (χ4v) is 3.61. The van der Waals surface area contributed by atoms with Crippen molar-refractivity contribution in [1.82, 2.24) is 15.1 Å². The molecule has 2 aromatic rings. The number of carbonyl (C=O) groups is 1. The first-order chi connectivity index (χ1) is 10.3. The van der Waals surface area contributed by atoms with Crippen molar-refractivity contribution in [3.05, 3.63) is 30.0 Å². The molecule has 0 bridgehead atoms. The third kappa shape index (κ3) is 2.21. The van der Waals surface area contributed by atoms with Crippen LogP contribution < -0.4 is 0 Å². The number of nitrogens with zero attached hydrogens (tertiary/aromatic N) is 2. The maximum absolute atomic E-state index is 12.8. The van der Waals surface area contributed by atoms with Crippen LogP contribution in [-0.2, 0) is 4.74 Å². The number of ether oxygens (including phenoxy) is 1. The fraction of sp³-hybridized carbons (Fsp3) is 0.500. The second kappa shape index (κ2) is 4.84. The molecule has 1 amide bonds. The number of nitrogens with one attached hydrogen (secondary N) is 1. The number of fused-ring (bicyclic) bond motifs is 1. The molecule has 0 radical (unpaired) electrons. The molecule has 1 N–H and O–H groups in total. The van der Waals surface area contributed by atoms with Crippen LogP contribution in [0.5, 0.6) is 0 Å². The fourth-order valence-electron chi connectivity index (χ4n) is 3.61. The van der Waals surface area contributed by atoms with Crippen LogP contribution in [0.25, 0.3) is 10.9 Å². The highest BCUT2D eigenvalue weighted by atomic mass is 16.5. The first kappa shape index (κ1) is 12.8. The molecule has 2 saturated heterocycles. The number of hydrogen-bond acceptors (Lipinski definition) is 3. The molecule has 5 nitrogen and oxygen atoms in total. The number of carbonyl (C=O) groups excluding carboxylic acids is 1. The topological polar surface area (TPSA) is 58.2 Å². The summed E-state index contributed by atoms with van der Waals surface area (Å²) in [6, 6.07) is 5.73. The third-order valence-corrected chi connectivity index (χ3v) is 4.82. The highest BCUT2D eigenvalue weighted by Gasteiger charge is 2.40. The standard InChI is InChI=1S/C16H19N3O2/c20-15(12-2-3-14-13(8-12)9-17-18-14)19-6-1-4-16(10-19)5-7-21-11-16/h2-3,8-9H,1,4-7,10-11H2,(H,17,18). The quantitative estimate of drug-likeness (QED) is 0.874. The van der Waals surface area contributed by atoms with Crippen molar-refractivity contribution < 1.29 is 9.53 Å². The minimum Gasteiger partial charge on any atom is -0.381 e. The van der Waals surface area contributed by atoms with E-state index in [1.54, 1.807) is 6.20 Å². The zero-order chi connectivity index (χ0) is 14.3. The van der Waals surface area contributed by atoms with Gasteiger partial charge in [0.1, 0.15) is 0 Å². The van der Waals surface area contributed by atoms with Gasteiger partial charge in [-0.1, -0.05) is 0 Å². The van der Waals surface area contributed by atoms with E-state index in [4.69, 9.17) is 4.74 Å². The molecule has 5 heteroatoms. The highest BCUT2D eigenvalue weighted by Crippen LogP contribution is 2.38. The molecule has 110 valence electrons. The minimum absolute atomic E-state index is 0.129. The van der Waals surface area contributed by atoms with Crippen molar-refractivity contribution in [2.75, 3.05) is 26.3 Å². The Bertz CT molecular complexity index is 673. The summed E-state index contributed by atoms with van der Waals surface area (Å²) in [6.45, 7) is 3.32. The lowest BCUT2D eigenvalue weighted by Gasteiger charge is -2.39. The second-order valence-corrected chi connectivity index (χ2v) is 6.30.